The Morgan fingerprint density at radius 1 is 1.18 bits per heavy atom. The molecule has 1 aliphatic rings. The minimum Gasteiger partial charge on any atom is -0.381 e. The highest BCUT2D eigenvalue weighted by Crippen LogP contribution is 2.37. The van der Waals surface area contributed by atoms with Crippen LogP contribution in [0.15, 0.2) is 36.4 Å². The zero-order valence-corrected chi connectivity index (χ0v) is 19.3. The second-order valence-electron chi connectivity index (χ2n) is 8.83. The van der Waals surface area contributed by atoms with Crippen molar-refractivity contribution in [1.82, 2.24) is 9.62 Å². The van der Waals surface area contributed by atoms with Crippen molar-refractivity contribution in [3.05, 3.63) is 59.4 Å². The van der Waals surface area contributed by atoms with Crippen molar-refractivity contribution >= 4 is 15.9 Å². The van der Waals surface area contributed by atoms with Gasteiger partial charge in [0.15, 0.2) is 0 Å². The standard InChI is InChI=1S/C22H23F5N2O4S/c1-21(2,31)20(30)29-11-22(26,27)19(28-34(3,32)33)17(29)9-12-5-4-6-16(18(12)25)13-7-14(23)10-15(24)8-13/h4-8,10,17,19,28,31H,9,11H2,1-3H3/t17-,19+/m0/s1. The van der Waals surface area contributed by atoms with E-state index < -0.39 is 70.0 Å². The van der Waals surface area contributed by atoms with Crippen molar-refractivity contribution in [2.75, 3.05) is 12.8 Å². The van der Waals surface area contributed by atoms with E-state index in [4.69, 9.17) is 0 Å². The first-order valence-electron chi connectivity index (χ1n) is 10.1. The minimum atomic E-state index is -4.17. The molecule has 2 aromatic carbocycles. The van der Waals surface area contributed by atoms with E-state index in [0.717, 1.165) is 26.0 Å². The van der Waals surface area contributed by atoms with Crippen LogP contribution in [0.5, 0.6) is 0 Å². The van der Waals surface area contributed by atoms with E-state index >= 15 is 4.39 Å². The van der Waals surface area contributed by atoms with Gasteiger partial charge in [0.25, 0.3) is 11.8 Å². The Balaban J connectivity index is 2.08. The van der Waals surface area contributed by atoms with Gasteiger partial charge in [-0.1, -0.05) is 18.2 Å². The monoisotopic (exact) mass is 506 g/mol. The molecule has 1 saturated heterocycles. The number of aliphatic hydroxyl groups is 1. The number of alkyl halides is 2. The van der Waals surface area contributed by atoms with Crippen LogP contribution in [0.2, 0.25) is 0 Å². The highest BCUT2D eigenvalue weighted by molar-refractivity contribution is 7.88. The maximum absolute atomic E-state index is 15.4. The number of carbonyl (C=O) groups is 1. The quantitative estimate of drug-likeness (QED) is 0.590. The van der Waals surface area contributed by atoms with E-state index in [1.54, 1.807) is 0 Å². The zero-order valence-electron chi connectivity index (χ0n) is 18.5. The average Bonchev–Trinajstić information content (AvgIpc) is 2.90. The van der Waals surface area contributed by atoms with Gasteiger partial charge in [-0.05, 0) is 43.5 Å². The van der Waals surface area contributed by atoms with Crippen molar-refractivity contribution in [2.24, 2.45) is 0 Å². The molecule has 34 heavy (non-hydrogen) atoms. The van der Waals surface area contributed by atoms with Crippen LogP contribution in [0.25, 0.3) is 11.1 Å². The van der Waals surface area contributed by atoms with Crippen LogP contribution < -0.4 is 4.72 Å². The number of halogens is 5. The Morgan fingerprint density at radius 2 is 1.76 bits per heavy atom. The van der Waals surface area contributed by atoms with Crippen LogP contribution in [0.4, 0.5) is 22.0 Å². The predicted octanol–water partition coefficient (Wildman–Crippen LogP) is 2.85. The SMILES string of the molecule is CC(C)(O)C(=O)N1CC(F)(F)[C@H](NS(C)(=O)=O)[C@@H]1Cc1cccc(-c2cc(F)cc(F)c2)c1F. The molecule has 0 unspecified atom stereocenters. The summed E-state index contributed by atoms with van der Waals surface area (Å²) in [6.45, 7) is 0.965. The van der Waals surface area contributed by atoms with Gasteiger partial charge in [0, 0.05) is 11.6 Å². The Labute approximate surface area is 193 Å². The van der Waals surface area contributed by atoms with Gasteiger partial charge >= 0.3 is 0 Å². The Kier molecular flexibility index (Phi) is 6.81. The normalized spacial score (nSPS) is 20.6. The third-order valence-electron chi connectivity index (χ3n) is 5.43. The molecule has 2 atom stereocenters. The molecule has 1 amide bonds. The number of nitrogens with zero attached hydrogens (tertiary/aromatic N) is 1. The van der Waals surface area contributed by atoms with Crippen LogP contribution in [0.1, 0.15) is 19.4 Å². The number of sulfonamides is 1. The second kappa shape index (κ2) is 8.90. The van der Waals surface area contributed by atoms with Gasteiger partial charge in [-0.3, -0.25) is 4.79 Å². The van der Waals surface area contributed by atoms with Crippen molar-refractivity contribution in [2.45, 2.75) is 43.9 Å². The first kappa shape index (κ1) is 26.0. The highest BCUT2D eigenvalue weighted by Gasteiger charge is 2.58. The first-order chi connectivity index (χ1) is 15.5. The molecule has 0 saturated carbocycles. The molecule has 12 heteroatoms. The lowest BCUT2D eigenvalue weighted by atomic mass is 9.94. The number of rotatable bonds is 6. The highest BCUT2D eigenvalue weighted by atomic mass is 32.2. The first-order valence-corrected chi connectivity index (χ1v) is 12.0. The number of nitrogens with one attached hydrogen (secondary N) is 1. The summed E-state index contributed by atoms with van der Waals surface area (Å²) in [5.74, 6) is -7.70. The number of amides is 1. The lowest BCUT2D eigenvalue weighted by Crippen LogP contribution is -2.54. The Hall–Kier alpha value is -2.57. The van der Waals surface area contributed by atoms with E-state index in [1.807, 2.05) is 4.72 Å². The zero-order chi connectivity index (χ0) is 25.6. The van der Waals surface area contributed by atoms with E-state index in [1.165, 1.54) is 18.2 Å². The summed E-state index contributed by atoms with van der Waals surface area (Å²) in [6, 6.07) is 2.52. The van der Waals surface area contributed by atoms with Crippen LogP contribution in [-0.4, -0.2) is 60.7 Å². The number of hydrogen-bond acceptors (Lipinski definition) is 4. The summed E-state index contributed by atoms with van der Waals surface area (Å²) >= 11 is 0. The Bertz CT molecular complexity index is 1190. The van der Waals surface area contributed by atoms with Crippen molar-refractivity contribution in [3.63, 3.8) is 0 Å². The largest absolute Gasteiger partial charge is 0.381 e. The molecule has 0 aliphatic carbocycles. The van der Waals surface area contributed by atoms with Gasteiger partial charge in [-0.25, -0.2) is 35.1 Å². The van der Waals surface area contributed by atoms with Crippen LogP contribution in [0, 0.1) is 17.5 Å². The van der Waals surface area contributed by atoms with Gasteiger partial charge in [-0.15, -0.1) is 0 Å². The fourth-order valence-corrected chi connectivity index (χ4v) is 4.79. The van der Waals surface area contributed by atoms with Crippen LogP contribution >= 0.6 is 0 Å². The topological polar surface area (TPSA) is 86.7 Å². The van der Waals surface area contributed by atoms with Gasteiger partial charge in [0.1, 0.15) is 29.1 Å². The summed E-state index contributed by atoms with van der Waals surface area (Å²) in [7, 11) is -4.17. The lowest BCUT2D eigenvalue weighted by Gasteiger charge is -2.31. The maximum Gasteiger partial charge on any atom is 0.283 e. The molecular formula is C22H23F5N2O4S. The van der Waals surface area contributed by atoms with Gasteiger partial charge in [0.2, 0.25) is 10.0 Å². The molecular weight excluding hydrogens is 483 g/mol. The number of benzene rings is 2. The third kappa shape index (κ3) is 5.56. The molecule has 0 radical (unpaired) electrons. The molecule has 2 aromatic rings. The summed E-state index contributed by atoms with van der Waals surface area (Å²) in [5, 5.41) is 10.1. The molecule has 1 fully saturated rings. The third-order valence-corrected chi connectivity index (χ3v) is 6.11. The lowest BCUT2D eigenvalue weighted by molar-refractivity contribution is -0.149. The molecule has 0 spiro atoms. The fourth-order valence-electron chi connectivity index (χ4n) is 4.00. The van der Waals surface area contributed by atoms with Crippen molar-refractivity contribution in [3.8, 4) is 11.1 Å². The van der Waals surface area contributed by atoms with E-state index in [0.29, 0.717) is 17.2 Å². The van der Waals surface area contributed by atoms with Crippen LogP contribution in [-0.2, 0) is 21.2 Å². The van der Waals surface area contributed by atoms with Crippen molar-refractivity contribution < 1.29 is 40.3 Å². The predicted molar refractivity (Wildman–Crippen MR) is 114 cm³/mol. The van der Waals surface area contributed by atoms with Gasteiger partial charge < -0.3 is 10.0 Å². The van der Waals surface area contributed by atoms with E-state index in [9.17, 15) is 35.9 Å². The van der Waals surface area contributed by atoms with Gasteiger partial charge in [0.05, 0.1) is 18.8 Å². The molecule has 6 nitrogen and oxygen atoms in total. The molecule has 0 aromatic heterocycles. The smallest absolute Gasteiger partial charge is 0.283 e. The van der Waals surface area contributed by atoms with E-state index in [-0.39, 0.29) is 16.7 Å². The molecule has 0 bridgehead atoms. The average molecular weight is 506 g/mol. The van der Waals surface area contributed by atoms with Gasteiger partial charge in [-0.2, -0.15) is 0 Å². The summed E-state index contributed by atoms with van der Waals surface area (Å²) in [5.41, 5.74) is -2.61. The maximum atomic E-state index is 15.4. The van der Waals surface area contributed by atoms with Crippen molar-refractivity contribution in [1.29, 1.82) is 0 Å². The van der Waals surface area contributed by atoms with Crippen LogP contribution in [0.3, 0.4) is 0 Å². The number of likely N-dealkylation sites (tertiary alicyclic amines) is 1. The minimum absolute atomic E-state index is 0.135. The number of hydrogen-bond donors (Lipinski definition) is 2. The molecule has 1 heterocycles. The Morgan fingerprint density at radius 3 is 2.29 bits per heavy atom. The molecule has 1 aliphatic heterocycles. The van der Waals surface area contributed by atoms with E-state index in [2.05, 4.69) is 0 Å². The second-order valence-corrected chi connectivity index (χ2v) is 10.6. The number of carbonyl (C=O) groups excluding carboxylic acids is 1. The summed E-state index contributed by atoms with van der Waals surface area (Å²) in [6.07, 6.45) is 0.0996. The molecule has 186 valence electrons. The summed E-state index contributed by atoms with van der Waals surface area (Å²) in [4.78, 5) is 13.3. The molecule has 2 N–H and O–H groups in total. The molecule has 3 rings (SSSR count). The summed E-state index contributed by atoms with van der Waals surface area (Å²) < 4.78 is 97.7. The fraction of sp³-hybridized carbons (Fsp3) is 0.409.